The maximum Gasteiger partial charge on any atom is 0.408 e. The van der Waals surface area contributed by atoms with Crippen LogP contribution in [-0.2, 0) is 25.7 Å². The molecule has 1 rings (SSSR count). The number of ether oxygens (including phenoxy) is 2. The van der Waals surface area contributed by atoms with Crippen molar-refractivity contribution in [1.82, 2.24) is 10.6 Å². The lowest BCUT2D eigenvalue weighted by Crippen LogP contribution is -2.55. The third-order valence-electron chi connectivity index (χ3n) is 3.74. The number of carbonyl (C=O) groups is 3. The van der Waals surface area contributed by atoms with E-state index in [1.54, 1.807) is 31.2 Å². The molecule has 0 spiro atoms. The van der Waals surface area contributed by atoms with Crippen LogP contribution in [0, 0.1) is 17.2 Å². The maximum atomic E-state index is 12.3. The Morgan fingerprint density at radius 3 is 2.44 bits per heavy atom. The lowest BCUT2D eigenvalue weighted by molar-refractivity contribution is -0.146. The molecule has 0 bridgehead atoms. The molecule has 0 fully saturated rings. The molecule has 2 amide bonds. The number of alkyl carbamates (subject to hydrolysis) is 1. The number of hydrogen-bond acceptors (Lipinski definition) is 7. The van der Waals surface area contributed by atoms with E-state index in [0.29, 0.717) is 0 Å². The van der Waals surface area contributed by atoms with Gasteiger partial charge in [-0.15, -0.1) is 0 Å². The van der Waals surface area contributed by atoms with Crippen molar-refractivity contribution in [3.05, 3.63) is 35.9 Å². The molecule has 0 radical (unpaired) electrons. The summed E-state index contributed by atoms with van der Waals surface area (Å²) in [7, 11) is 1.16. The number of aliphatic hydroxyl groups excluding tert-OH is 1. The van der Waals surface area contributed by atoms with Crippen molar-refractivity contribution in [2.24, 2.45) is 5.92 Å². The van der Waals surface area contributed by atoms with Crippen LogP contribution in [0.25, 0.3) is 0 Å². The topological polar surface area (TPSA) is 138 Å². The number of aliphatic hydroxyl groups is 1. The molecule has 3 atom stereocenters. The first kappa shape index (κ1) is 21.9. The first-order valence-electron chi connectivity index (χ1n) is 8.26. The summed E-state index contributed by atoms with van der Waals surface area (Å²) >= 11 is 0. The standard InChI is InChI=1S/C18H23N3O6/c1-12(8-9-19)15(17(24)26-2)21-16(23)14(10-22)20-18(25)27-11-13-6-4-3-5-7-13/h3-7,12,14-15,22H,8,10-11H2,1-2H3,(H,20,25)(H,21,23)/t12-,14+,15+/m1/s1. The average molecular weight is 377 g/mol. The minimum Gasteiger partial charge on any atom is -0.467 e. The van der Waals surface area contributed by atoms with Crippen molar-refractivity contribution in [2.75, 3.05) is 13.7 Å². The summed E-state index contributed by atoms with van der Waals surface area (Å²) in [5, 5.41) is 22.8. The van der Waals surface area contributed by atoms with Gasteiger partial charge in [0.2, 0.25) is 5.91 Å². The summed E-state index contributed by atoms with van der Waals surface area (Å²) < 4.78 is 9.62. The van der Waals surface area contributed by atoms with E-state index >= 15 is 0 Å². The van der Waals surface area contributed by atoms with E-state index in [0.717, 1.165) is 12.7 Å². The summed E-state index contributed by atoms with van der Waals surface area (Å²) in [6, 6.07) is 8.43. The molecule has 27 heavy (non-hydrogen) atoms. The summed E-state index contributed by atoms with van der Waals surface area (Å²) in [5.74, 6) is -2.04. The quantitative estimate of drug-likeness (QED) is 0.532. The lowest BCUT2D eigenvalue weighted by atomic mass is 9.98. The van der Waals surface area contributed by atoms with Crippen molar-refractivity contribution in [3.63, 3.8) is 0 Å². The van der Waals surface area contributed by atoms with Crippen LogP contribution in [0.4, 0.5) is 4.79 Å². The third kappa shape index (κ3) is 7.33. The van der Waals surface area contributed by atoms with E-state index in [9.17, 15) is 19.5 Å². The molecule has 0 aliphatic carbocycles. The van der Waals surface area contributed by atoms with Gasteiger partial charge in [-0.05, 0) is 5.56 Å². The molecule has 9 nitrogen and oxygen atoms in total. The van der Waals surface area contributed by atoms with Crippen LogP contribution in [0.5, 0.6) is 0 Å². The van der Waals surface area contributed by atoms with Gasteiger partial charge in [0.15, 0.2) is 0 Å². The van der Waals surface area contributed by atoms with Gasteiger partial charge in [0, 0.05) is 12.3 Å². The minimum absolute atomic E-state index is 0.00354. The molecular weight excluding hydrogens is 354 g/mol. The van der Waals surface area contributed by atoms with Crippen LogP contribution >= 0.6 is 0 Å². The monoisotopic (exact) mass is 377 g/mol. The second-order valence-electron chi connectivity index (χ2n) is 5.79. The molecule has 146 valence electrons. The van der Waals surface area contributed by atoms with Gasteiger partial charge in [-0.2, -0.15) is 5.26 Å². The molecule has 0 saturated carbocycles. The first-order chi connectivity index (χ1) is 12.9. The first-order valence-corrected chi connectivity index (χ1v) is 8.26. The van der Waals surface area contributed by atoms with Crippen LogP contribution in [0.2, 0.25) is 0 Å². The third-order valence-corrected chi connectivity index (χ3v) is 3.74. The van der Waals surface area contributed by atoms with Crippen LogP contribution < -0.4 is 10.6 Å². The van der Waals surface area contributed by atoms with Gasteiger partial charge in [0.25, 0.3) is 0 Å². The van der Waals surface area contributed by atoms with Gasteiger partial charge < -0.3 is 25.2 Å². The molecule has 9 heteroatoms. The normalized spacial score (nSPS) is 13.4. The highest BCUT2D eigenvalue weighted by Gasteiger charge is 2.31. The molecule has 1 aromatic carbocycles. The summed E-state index contributed by atoms with van der Waals surface area (Å²) in [6.45, 7) is 0.893. The Hall–Kier alpha value is -3.12. The lowest BCUT2D eigenvalue weighted by Gasteiger charge is -2.24. The van der Waals surface area contributed by atoms with Crippen LogP contribution in [0.15, 0.2) is 30.3 Å². The molecular formula is C18H23N3O6. The summed E-state index contributed by atoms with van der Waals surface area (Å²) in [4.78, 5) is 36.0. The fraction of sp³-hybridized carbons (Fsp3) is 0.444. The Balaban J connectivity index is 2.64. The number of nitriles is 1. The summed E-state index contributed by atoms with van der Waals surface area (Å²) in [6.07, 6.45) is -0.885. The van der Waals surface area contributed by atoms with Gasteiger partial charge in [-0.25, -0.2) is 9.59 Å². The van der Waals surface area contributed by atoms with E-state index in [4.69, 9.17) is 10.00 Å². The molecule has 0 saturated heterocycles. The predicted octanol–water partition coefficient (Wildman–Crippen LogP) is 0.481. The molecule has 0 heterocycles. The highest BCUT2D eigenvalue weighted by atomic mass is 16.5. The zero-order valence-corrected chi connectivity index (χ0v) is 15.2. The fourth-order valence-corrected chi connectivity index (χ4v) is 2.18. The minimum atomic E-state index is -1.32. The molecule has 0 aromatic heterocycles. The zero-order valence-electron chi connectivity index (χ0n) is 15.2. The number of rotatable bonds is 9. The second kappa shape index (κ2) is 11.5. The van der Waals surface area contributed by atoms with Gasteiger partial charge in [0.1, 0.15) is 18.7 Å². The fourth-order valence-electron chi connectivity index (χ4n) is 2.18. The Morgan fingerprint density at radius 1 is 1.22 bits per heavy atom. The number of amides is 2. The van der Waals surface area contributed by atoms with E-state index < -0.39 is 42.6 Å². The van der Waals surface area contributed by atoms with E-state index in [2.05, 4.69) is 15.4 Å². The van der Waals surface area contributed by atoms with E-state index in [1.165, 1.54) is 0 Å². The molecule has 0 unspecified atom stereocenters. The van der Waals surface area contributed by atoms with Crippen molar-refractivity contribution in [1.29, 1.82) is 5.26 Å². The predicted molar refractivity (Wildman–Crippen MR) is 94.0 cm³/mol. The molecule has 3 N–H and O–H groups in total. The van der Waals surface area contributed by atoms with Crippen molar-refractivity contribution < 1.29 is 29.0 Å². The Bertz CT molecular complexity index is 673. The maximum absolute atomic E-state index is 12.3. The van der Waals surface area contributed by atoms with Crippen LogP contribution in [-0.4, -0.2) is 48.9 Å². The molecule has 1 aromatic rings. The number of benzene rings is 1. The van der Waals surface area contributed by atoms with E-state index in [1.807, 2.05) is 12.1 Å². The number of nitrogens with zero attached hydrogens (tertiary/aromatic N) is 1. The highest BCUT2D eigenvalue weighted by Crippen LogP contribution is 2.09. The average Bonchev–Trinajstić information content (AvgIpc) is 2.68. The highest BCUT2D eigenvalue weighted by molar-refractivity contribution is 5.89. The Morgan fingerprint density at radius 2 is 1.89 bits per heavy atom. The van der Waals surface area contributed by atoms with Gasteiger partial charge >= 0.3 is 12.1 Å². The number of esters is 1. The largest absolute Gasteiger partial charge is 0.467 e. The summed E-state index contributed by atoms with van der Waals surface area (Å²) in [5.41, 5.74) is 0.758. The molecule has 0 aliphatic heterocycles. The number of methoxy groups -OCH3 is 1. The Kier molecular flexibility index (Phi) is 9.33. The SMILES string of the molecule is COC(=O)[C@@H](NC(=O)[C@H](CO)NC(=O)OCc1ccccc1)[C@H](C)CC#N. The van der Waals surface area contributed by atoms with E-state index in [-0.39, 0.29) is 13.0 Å². The van der Waals surface area contributed by atoms with Gasteiger partial charge in [-0.1, -0.05) is 37.3 Å². The van der Waals surface area contributed by atoms with Crippen LogP contribution in [0.3, 0.4) is 0 Å². The molecule has 0 aliphatic rings. The number of hydrogen-bond donors (Lipinski definition) is 3. The van der Waals surface area contributed by atoms with Crippen molar-refractivity contribution in [3.8, 4) is 6.07 Å². The number of carbonyl (C=O) groups excluding carboxylic acids is 3. The Labute approximate surface area is 157 Å². The van der Waals surface area contributed by atoms with Crippen molar-refractivity contribution in [2.45, 2.75) is 32.0 Å². The van der Waals surface area contributed by atoms with Crippen molar-refractivity contribution >= 4 is 18.0 Å². The number of nitrogens with one attached hydrogen (secondary N) is 2. The smallest absolute Gasteiger partial charge is 0.408 e. The second-order valence-corrected chi connectivity index (χ2v) is 5.79. The van der Waals surface area contributed by atoms with Crippen LogP contribution in [0.1, 0.15) is 18.9 Å². The zero-order chi connectivity index (χ0) is 20.2. The van der Waals surface area contributed by atoms with Gasteiger partial charge in [-0.3, -0.25) is 4.79 Å². The van der Waals surface area contributed by atoms with Gasteiger partial charge in [0.05, 0.1) is 19.8 Å².